The maximum absolute atomic E-state index is 11.1. The van der Waals surface area contributed by atoms with Crippen molar-refractivity contribution in [2.45, 2.75) is 25.3 Å². The van der Waals surface area contributed by atoms with Crippen molar-refractivity contribution < 1.29 is 14.6 Å². The summed E-state index contributed by atoms with van der Waals surface area (Å²) in [6.07, 6.45) is 3.64. The SMILES string of the molecule is COc1ccc(-n2nnc3cnc(N[C@@H]4CC[C@@H](C(=O)O)C4)nc32)cc1. The van der Waals surface area contributed by atoms with Crippen molar-refractivity contribution in [3.8, 4) is 11.4 Å². The van der Waals surface area contributed by atoms with Gasteiger partial charge in [-0.05, 0) is 43.5 Å². The van der Waals surface area contributed by atoms with Gasteiger partial charge in [-0.1, -0.05) is 5.21 Å². The molecule has 2 atom stereocenters. The van der Waals surface area contributed by atoms with Crippen LogP contribution in [-0.2, 0) is 4.79 Å². The first-order valence-corrected chi connectivity index (χ1v) is 8.36. The van der Waals surface area contributed by atoms with Crippen LogP contribution < -0.4 is 10.1 Å². The highest BCUT2D eigenvalue weighted by atomic mass is 16.5. The summed E-state index contributed by atoms with van der Waals surface area (Å²) >= 11 is 0. The number of ether oxygens (including phenoxy) is 1. The zero-order valence-corrected chi connectivity index (χ0v) is 14.2. The highest BCUT2D eigenvalue weighted by molar-refractivity contribution is 5.72. The number of carboxylic acid groups (broad SMARTS) is 1. The first-order chi connectivity index (χ1) is 12.6. The van der Waals surface area contributed by atoms with E-state index in [0.29, 0.717) is 30.0 Å². The van der Waals surface area contributed by atoms with Crippen LogP contribution in [0.4, 0.5) is 5.95 Å². The number of benzene rings is 1. The number of carbonyl (C=O) groups is 1. The van der Waals surface area contributed by atoms with Crippen molar-refractivity contribution in [3.05, 3.63) is 30.5 Å². The molecule has 9 heteroatoms. The molecule has 1 aliphatic rings. The normalized spacial score (nSPS) is 19.6. The van der Waals surface area contributed by atoms with Crippen LogP contribution in [-0.4, -0.2) is 49.2 Å². The van der Waals surface area contributed by atoms with Crippen LogP contribution in [0.15, 0.2) is 30.5 Å². The predicted octanol–water partition coefficient (Wildman–Crippen LogP) is 1.88. The van der Waals surface area contributed by atoms with Crippen molar-refractivity contribution in [1.82, 2.24) is 25.0 Å². The van der Waals surface area contributed by atoms with Crippen LogP contribution in [0.3, 0.4) is 0 Å². The lowest BCUT2D eigenvalue weighted by molar-refractivity contribution is -0.141. The molecular weight excluding hydrogens is 336 g/mol. The average Bonchev–Trinajstić information content (AvgIpc) is 3.29. The van der Waals surface area contributed by atoms with Gasteiger partial charge >= 0.3 is 5.97 Å². The molecule has 134 valence electrons. The van der Waals surface area contributed by atoms with Crippen LogP contribution in [0.5, 0.6) is 5.75 Å². The molecule has 4 rings (SSSR count). The Bertz CT molecular complexity index is 939. The predicted molar refractivity (Wildman–Crippen MR) is 93.4 cm³/mol. The Kier molecular flexibility index (Phi) is 4.11. The van der Waals surface area contributed by atoms with Gasteiger partial charge in [0.25, 0.3) is 0 Å². The summed E-state index contributed by atoms with van der Waals surface area (Å²) in [5, 5.41) is 20.6. The summed E-state index contributed by atoms with van der Waals surface area (Å²) in [7, 11) is 1.61. The minimum Gasteiger partial charge on any atom is -0.497 e. The van der Waals surface area contributed by atoms with Crippen LogP contribution in [0, 0.1) is 5.92 Å². The minimum atomic E-state index is -0.743. The standard InChI is InChI=1S/C17H18N6O3/c1-26-13-6-4-12(5-7-13)23-15-14(21-22-23)9-18-17(20-15)19-11-3-2-10(8-11)16(24)25/h4-7,9-11H,2-3,8H2,1H3,(H,24,25)(H,18,19,20)/t10-,11-/m1/s1. The van der Waals surface area contributed by atoms with Gasteiger partial charge < -0.3 is 15.2 Å². The number of aliphatic carboxylic acids is 1. The number of hydrogen-bond acceptors (Lipinski definition) is 7. The molecule has 2 N–H and O–H groups in total. The van der Waals surface area contributed by atoms with Crippen molar-refractivity contribution in [3.63, 3.8) is 0 Å². The molecule has 0 aliphatic heterocycles. The van der Waals surface area contributed by atoms with Gasteiger partial charge in [-0.25, -0.2) is 4.98 Å². The molecule has 1 fully saturated rings. The fourth-order valence-electron chi connectivity index (χ4n) is 3.21. The van der Waals surface area contributed by atoms with Crippen molar-refractivity contribution in [2.24, 2.45) is 5.92 Å². The molecule has 0 radical (unpaired) electrons. The number of carboxylic acids is 1. The van der Waals surface area contributed by atoms with Gasteiger partial charge in [0.2, 0.25) is 5.95 Å². The summed E-state index contributed by atoms with van der Waals surface area (Å²) in [6, 6.07) is 7.48. The summed E-state index contributed by atoms with van der Waals surface area (Å²) in [5.74, 6) is 0.158. The highest BCUT2D eigenvalue weighted by Crippen LogP contribution is 2.28. The number of nitrogens with zero attached hydrogens (tertiary/aromatic N) is 5. The molecule has 2 heterocycles. The largest absolute Gasteiger partial charge is 0.497 e. The third kappa shape index (κ3) is 3.03. The molecule has 0 amide bonds. The van der Waals surface area contributed by atoms with Gasteiger partial charge in [0.05, 0.1) is 24.9 Å². The zero-order valence-electron chi connectivity index (χ0n) is 14.2. The molecule has 0 saturated heterocycles. The fourth-order valence-corrected chi connectivity index (χ4v) is 3.21. The van der Waals surface area contributed by atoms with Gasteiger partial charge in [-0.3, -0.25) is 4.79 Å². The van der Waals surface area contributed by atoms with Crippen LogP contribution in [0.1, 0.15) is 19.3 Å². The average molecular weight is 354 g/mol. The van der Waals surface area contributed by atoms with Crippen molar-refractivity contribution >= 4 is 23.1 Å². The molecule has 2 aromatic heterocycles. The topological polar surface area (TPSA) is 115 Å². The molecule has 0 spiro atoms. The van der Waals surface area contributed by atoms with Gasteiger partial charge in [-0.2, -0.15) is 9.67 Å². The Morgan fingerprint density at radius 3 is 2.81 bits per heavy atom. The quantitative estimate of drug-likeness (QED) is 0.714. The van der Waals surface area contributed by atoms with E-state index >= 15 is 0 Å². The second kappa shape index (κ2) is 6.58. The van der Waals surface area contributed by atoms with E-state index in [-0.39, 0.29) is 12.0 Å². The molecule has 3 aromatic rings. The second-order valence-corrected chi connectivity index (χ2v) is 6.29. The molecule has 26 heavy (non-hydrogen) atoms. The van der Waals surface area contributed by atoms with Crippen LogP contribution in [0.25, 0.3) is 16.9 Å². The van der Waals surface area contributed by atoms with E-state index in [1.165, 1.54) is 0 Å². The summed E-state index contributed by atoms with van der Waals surface area (Å²) in [6.45, 7) is 0. The van der Waals surface area contributed by atoms with E-state index in [1.54, 1.807) is 18.0 Å². The molecule has 1 saturated carbocycles. The van der Waals surface area contributed by atoms with E-state index in [4.69, 9.17) is 9.84 Å². The van der Waals surface area contributed by atoms with Gasteiger partial charge in [0.15, 0.2) is 11.2 Å². The second-order valence-electron chi connectivity index (χ2n) is 6.29. The Morgan fingerprint density at radius 2 is 2.12 bits per heavy atom. The first kappa shape index (κ1) is 16.2. The molecule has 0 bridgehead atoms. The van der Waals surface area contributed by atoms with Crippen molar-refractivity contribution in [1.29, 1.82) is 0 Å². The third-order valence-corrected chi connectivity index (χ3v) is 4.62. The summed E-state index contributed by atoms with van der Waals surface area (Å²) in [5.41, 5.74) is 1.98. The zero-order chi connectivity index (χ0) is 18.1. The van der Waals surface area contributed by atoms with Gasteiger partial charge in [-0.15, -0.1) is 5.10 Å². The molecule has 1 aromatic carbocycles. The molecular formula is C17H18N6O3. The van der Waals surface area contributed by atoms with Crippen LogP contribution in [0.2, 0.25) is 0 Å². The highest BCUT2D eigenvalue weighted by Gasteiger charge is 2.30. The maximum atomic E-state index is 11.1. The Hall–Kier alpha value is -3.23. The molecule has 0 unspecified atom stereocenters. The van der Waals surface area contributed by atoms with E-state index < -0.39 is 5.97 Å². The summed E-state index contributed by atoms with van der Waals surface area (Å²) in [4.78, 5) is 19.9. The Labute approximate surface area is 149 Å². The van der Waals surface area contributed by atoms with E-state index in [9.17, 15) is 4.79 Å². The lowest BCUT2D eigenvalue weighted by atomic mass is 10.1. The lowest BCUT2D eigenvalue weighted by Gasteiger charge is -2.12. The van der Waals surface area contributed by atoms with Gasteiger partial charge in [0.1, 0.15) is 5.75 Å². The first-order valence-electron chi connectivity index (χ1n) is 8.36. The maximum Gasteiger partial charge on any atom is 0.306 e. The number of rotatable bonds is 5. The number of methoxy groups -OCH3 is 1. The monoisotopic (exact) mass is 354 g/mol. The molecule has 9 nitrogen and oxygen atoms in total. The van der Waals surface area contributed by atoms with Crippen LogP contribution >= 0.6 is 0 Å². The smallest absolute Gasteiger partial charge is 0.306 e. The lowest BCUT2D eigenvalue weighted by Crippen LogP contribution is -2.19. The third-order valence-electron chi connectivity index (χ3n) is 4.62. The van der Waals surface area contributed by atoms with E-state index in [0.717, 1.165) is 17.9 Å². The fraction of sp³-hybridized carbons (Fsp3) is 0.353. The Balaban J connectivity index is 1.59. The van der Waals surface area contributed by atoms with E-state index in [2.05, 4.69) is 25.6 Å². The van der Waals surface area contributed by atoms with E-state index in [1.807, 2.05) is 24.3 Å². The number of hydrogen-bond donors (Lipinski definition) is 2. The number of nitrogens with one attached hydrogen (secondary N) is 1. The van der Waals surface area contributed by atoms with Gasteiger partial charge in [0, 0.05) is 6.04 Å². The number of aromatic nitrogens is 5. The number of fused-ring (bicyclic) bond motifs is 1. The minimum absolute atomic E-state index is 0.0545. The molecule has 1 aliphatic carbocycles. The number of anilines is 1. The summed E-state index contributed by atoms with van der Waals surface area (Å²) < 4.78 is 6.81. The Morgan fingerprint density at radius 1 is 1.31 bits per heavy atom. The van der Waals surface area contributed by atoms with Crippen molar-refractivity contribution in [2.75, 3.05) is 12.4 Å².